The third kappa shape index (κ3) is 2.77. The van der Waals surface area contributed by atoms with E-state index >= 15 is 0 Å². The van der Waals surface area contributed by atoms with Gasteiger partial charge in [0.15, 0.2) is 0 Å². The lowest BCUT2D eigenvalue weighted by molar-refractivity contribution is -0.122. The zero-order chi connectivity index (χ0) is 18.5. The predicted octanol–water partition coefficient (Wildman–Crippen LogP) is 3.52. The van der Waals surface area contributed by atoms with Crippen LogP contribution in [0.2, 0.25) is 0 Å². The molecule has 2 fully saturated rings. The van der Waals surface area contributed by atoms with Gasteiger partial charge in [0.1, 0.15) is 0 Å². The molecule has 0 bridgehead atoms. The second kappa shape index (κ2) is 5.94. The first kappa shape index (κ1) is 16.8. The Labute approximate surface area is 153 Å². The number of amides is 2. The van der Waals surface area contributed by atoms with E-state index in [1.165, 1.54) is 5.56 Å². The summed E-state index contributed by atoms with van der Waals surface area (Å²) in [6.07, 6.45) is 4.86. The van der Waals surface area contributed by atoms with Crippen LogP contribution in [0.3, 0.4) is 0 Å². The summed E-state index contributed by atoms with van der Waals surface area (Å²) in [5.74, 6) is 0.260. The van der Waals surface area contributed by atoms with E-state index in [2.05, 4.69) is 25.8 Å². The van der Waals surface area contributed by atoms with Gasteiger partial charge in [-0.15, -0.1) is 0 Å². The Morgan fingerprint density at radius 2 is 1.50 bits per heavy atom. The fourth-order valence-electron chi connectivity index (χ4n) is 3.52. The van der Waals surface area contributed by atoms with Gasteiger partial charge in [-0.25, -0.2) is 0 Å². The van der Waals surface area contributed by atoms with Gasteiger partial charge in [0.25, 0.3) is 0 Å². The van der Waals surface area contributed by atoms with Crippen molar-refractivity contribution < 1.29 is 9.59 Å². The molecule has 1 aromatic heterocycles. The van der Waals surface area contributed by atoms with E-state index in [9.17, 15) is 9.59 Å². The summed E-state index contributed by atoms with van der Waals surface area (Å²) in [5.41, 5.74) is 4.92. The Morgan fingerprint density at radius 1 is 0.923 bits per heavy atom. The molecule has 0 N–H and O–H groups in total. The largest absolute Gasteiger partial charge is 0.312 e. The number of pyridine rings is 1. The summed E-state index contributed by atoms with van der Waals surface area (Å²) in [6, 6.07) is 8.07. The fourth-order valence-corrected chi connectivity index (χ4v) is 3.52. The highest BCUT2D eigenvalue weighted by molar-refractivity contribution is 6.03. The minimum absolute atomic E-state index is 0.0341. The van der Waals surface area contributed by atoms with Crippen LogP contribution in [0, 0.1) is 0 Å². The van der Waals surface area contributed by atoms with Crippen molar-refractivity contribution in [2.24, 2.45) is 0 Å². The number of hydrogen-bond acceptors (Lipinski definition) is 3. The molecule has 4 rings (SSSR count). The number of β-lactam (4-membered cyclic amide) rings is 2. The van der Waals surface area contributed by atoms with Crippen molar-refractivity contribution in [1.82, 2.24) is 4.98 Å². The molecule has 5 heteroatoms. The van der Waals surface area contributed by atoms with Crippen molar-refractivity contribution in [3.05, 3.63) is 42.2 Å². The van der Waals surface area contributed by atoms with Crippen molar-refractivity contribution in [1.29, 1.82) is 0 Å². The second-order valence-electron chi connectivity index (χ2n) is 8.00. The van der Waals surface area contributed by atoms with Gasteiger partial charge in [-0.2, -0.15) is 0 Å². The average Bonchev–Trinajstić information content (AvgIpc) is 2.58. The van der Waals surface area contributed by atoms with Gasteiger partial charge >= 0.3 is 0 Å². The van der Waals surface area contributed by atoms with E-state index in [1.54, 1.807) is 9.80 Å². The van der Waals surface area contributed by atoms with Gasteiger partial charge in [0.05, 0.1) is 0 Å². The Kier molecular flexibility index (Phi) is 3.83. The third-order valence-corrected chi connectivity index (χ3v) is 5.17. The van der Waals surface area contributed by atoms with Crippen molar-refractivity contribution in [2.75, 3.05) is 22.9 Å². The molecule has 2 aromatic rings. The van der Waals surface area contributed by atoms with Crippen LogP contribution in [0.25, 0.3) is 11.1 Å². The highest BCUT2D eigenvalue weighted by Crippen LogP contribution is 2.38. The van der Waals surface area contributed by atoms with E-state index in [0.29, 0.717) is 12.8 Å². The molecule has 3 heterocycles. The molecule has 0 aliphatic carbocycles. The van der Waals surface area contributed by atoms with Crippen LogP contribution in [0.1, 0.15) is 39.2 Å². The molecule has 0 atom stereocenters. The number of rotatable bonds is 3. The van der Waals surface area contributed by atoms with Crippen LogP contribution in [0.4, 0.5) is 11.4 Å². The lowest BCUT2D eigenvalue weighted by atomic mass is 9.82. The van der Waals surface area contributed by atoms with Gasteiger partial charge in [-0.1, -0.05) is 20.8 Å². The van der Waals surface area contributed by atoms with Crippen molar-refractivity contribution >= 4 is 23.2 Å². The first-order chi connectivity index (χ1) is 12.3. The Bertz CT molecular complexity index is 856. The van der Waals surface area contributed by atoms with E-state index in [0.717, 1.165) is 35.6 Å². The molecule has 5 nitrogen and oxygen atoms in total. The molecule has 2 amide bonds. The molecule has 1 aromatic carbocycles. The van der Waals surface area contributed by atoms with Crippen molar-refractivity contribution in [3.63, 3.8) is 0 Å². The van der Waals surface area contributed by atoms with Crippen molar-refractivity contribution in [2.45, 2.75) is 39.0 Å². The van der Waals surface area contributed by atoms with E-state index in [1.807, 2.05) is 36.7 Å². The van der Waals surface area contributed by atoms with Crippen LogP contribution in [-0.4, -0.2) is 29.9 Å². The molecule has 0 saturated carbocycles. The van der Waals surface area contributed by atoms with Crippen molar-refractivity contribution in [3.8, 4) is 11.1 Å². The smallest absolute Gasteiger partial charge is 0.228 e. The monoisotopic (exact) mass is 349 g/mol. The molecular weight excluding hydrogens is 326 g/mol. The minimum Gasteiger partial charge on any atom is -0.312 e. The molecule has 134 valence electrons. The van der Waals surface area contributed by atoms with E-state index in [4.69, 9.17) is 0 Å². The summed E-state index contributed by atoms with van der Waals surface area (Å²) in [4.78, 5) is 31.8. The van der Waals surface area contributed by atoms with E-state index < -0.39 is 0 Å². The SMILES string of the molecule is CC(C)(C)c1ccncc1-c1cc(N2CCC2=O)cc(N2CCC2=O)c1. The molecule has 2 aliphatic rings. The molecule has 0 spiro atoms. The molecular formula is C21H23N3O2. The van der Waals surface area contributed by atoms with Crippen LogP contribution < -0.4 is 9.80 Å². The first-order valence-corrected chi connectivity index (χ1v) is 9.05. The maximum atomic E-state index is 12.0. The van der Waals surface area contributed by atoms with Crippen LogP contribution in [0.5, 0.6) is 0 Å². The van der Waals surface area contributed by atoms with Gasteiger partial charge in [0.2, 0.25) is 11.8 Å². The topological polar surface area (TPSA) is 53.5 Å². The van der Waals surface area contributed by atoms with Crippen LogP contribution in [-0.2, 0) is 15.0 Å². The molecule has 26 heavy (non-hydrogen) atoms. The van der Waals surface area contributed by atoms with Gasteiger partial charge < -0.3 is 9.80 Å². The predicted molar refractivity (Wildman–Crippen MR) is 102 cm³/mol. The number of hydrogen-bond donors (Lipinski definition) is 0. The van der Waals surface area contributed by atoms with Gasteiger partial charge in [-0.3, -0.25) is 14.6 Å². The summed E-state index contributed by atoms with van der Waals surface area (Å²) < 4.78 is 0. The summed E-state index contributed by atoms with van der Waals surface area (Å²) in [5, 5.41) is 0. The van der Waals surface area contributed by atoms with Gasteiger partial charge in [-0.05, 0) is 40.8 Å². The first-order valence-electron chi connectivity index (χ1n) is 9.05. The van der Waals surface area contributed by atoms with Crippen LogP contribution >= 0.6 is 0 Å². The Morgan fingerprint density at radius 3 is 1.92 bits per heavy atom. The summed E-state index contributed by atoms with van der Waals surface area (Å²) >= 11 is 0. The Hall–Kier alpha value is -2.69. The third-order valence-electron chi connectivity index (χ3n) is 5.17. The number of benzene rings is 1. The quantitative estimate of drug-likeness (QED) is 0.797. The lowest BCUT2D eigenvalue weighted by Crippen LogP contribution is -2.45. The zero-order valence-corrected chi connectivity index (χ0v) is 15.5. The number of aromatic nitrogens is 1. The van der Waals surface area contributed by atoms with Gasteiger partial charge in [0, 0.05) is 55.3 Å². The Balaban J connectivity index is 1.86. The number of carbonyl (C=O) groups excluding carboxylic acids is 2. The maximum absolute atomic E-state index is 12.0. The standard InChI is InChI=1S/C21H23N3O2/c1-21(2,3)18-4-7-22-13-17(18)14-10-15(23-8-5-19(23)25)12-16(11-14)24-9-6-20(24)26/h4,7,10-13H,5-6,8-9H2,1-3H3. The number of anilines is 2. The molecule has 0 radical (unpaired) electrons. The number of carbonyl (C=O) groups is 2. The van der Waals surface area contributed by atoms with Crippen LogP contribution in [0.15, 0.2) is 36.7 Å². The normalized spacial score (nSPS) is 17.2. The van der Waals surface area contributed by atoms with E-state index in [-0.39, 0.29) is 17.2 Å². The second-order valence-corrected chi connectivity index (χ2v) is 8.00. The minimum atomic E-state index is -0.0341. The highest BCUT2D eigenvalue weighted by Gasteiger charge is 2.30. The summed E-state index contributed by atoms with van der Waals surface area (Å²) in [7, 11) is 0. The number of nitrogens with zero attached hydrogens (tertiary/aromatic N) is 3. The lowest BCUT2D eigenvalue weighted by Gasteiger charge is -2.35. The average molecular weight is 349 g/mol. The summed E-state index contributed by atoms with van der Waals surface area (Å²) in [6.45, 7) is 7.99. The maximum Gasteiger partial charge on any atom is 0.228 e. The molecule has 2 saturated heterocycles. The zero-order valence-electron chi connectivity index (χ0n) is 15.5. The molecule has 0 unspecified atom stereocenters. The highest BCUT2D eigenvalue weighted by atomic mass is 16.2. The molecule has 2 aliphatic heterocycles. The fraction of sp³-hybridized carbons (Fsp3) is 0.381.